The van der Waals surface area contributed by atoms with Gasteiger partial charge in [0, 0.05) is 17.7 Å². The monoisotopic (exact) mass is 269 g/mol. The van der Waals surface area contributed by atoms with Crippen molar-refractivity contribution in [3.8, 4) is 11.1 Å². The van der Waals surface area contributed by atoms with Gasteiger partial charge in [-0.25, -0.2) is 4.39 Å². The molecule has 0 amide bonds. The molecule has 0 aliphatic heterocycles. The van der Waals surface area contributed by atoms with Gasteiger partial charge in [0.15, 0.2) is 0 Å². The average Bonchev–Trinajstić information content (AvgIpc) is 2.34. The lowest BCUT2D eigenvalue weighted by Gasteiger charge is -2.08. The molecule has 0 atom stereocenters. The summed E-state index contributed by atoms with van der Waals surface area (Å²) in [6.45, 7) is 0.353. The van der Waals surface area contributed by atoms with Crippen LogP contribution >= 0.6 is 23.2 Å². The van der Waals surface area contributed by atoms with Crippen molar-refractivity contribution in [1.29, 1.82) is 0 Å². The van der Waals surface area contributed by atoms with Crippen LogP contribution in [0.15, 0.2) is 36.4 Å². The quantitative estimate of drug-likeness (QED) is 0.866. The Balaban J connectivity index is 2.63. The van der Waals surface area contributed by atoms with Crippen LogP contribution in [0.2, 0.25) is 10.0 Å². The van der Waals surface area contributed by atoms with E-state index in [-0.39, 0.29) is 5.82 Å². The van der Waals surface area contributed by atoms with Crippen LogP contribution in [0.5, 0.6) is 0 Å². The Kier molecular flexibility index (Phi) is 3.67. The minimum atomic E-state index is -0.341. The zero-order valence-electron chi connectivity index (χ0n) is 8.88. The van der Waals surface area contributed by atoms with E-state index in [1.54, 1.807) is 30.3 Å². The van der Waals surface area contributed by atoms with E-state index in [0.29, 0.717) is 27.7 Å². The van der Waals surface area contributed by atoms with E-state index in [2.05, 4.69) is 0 Å². The van der Waals surface area contributed by atoms with Gasteiger partial charge in [-0.1, -0.05) is 41.4 Å². The van der Waals surface area contributed by atoms with Crippen LogP contribution in [-0.4, -0.2) is 0 Å². The lowest BCUT2D eigenvalue weighted by molar-refractivity contribution is 0.630. The molecular weight excluding hydrogens is 260 g/mol. The molecule has 1 nitrogen and oxygen atoms in total. The zero-order chi connectivity index (χ0) is 12.4. The highest BCUT2D eigenvalue weighted by Gasteiger charge is 2.11. The molecule has 0 saturated heterocycles. The van der Waals surface area contributed by atoms with Crippen molar-refractivity contribution in [2.24, 2.45) is 5.73 Å². The predicted molar refractivity (Wildman–Crippen MR) is 69.7 cm³/mol. The first kappa shape index (κ1) is 12.4. The van der Waals surface area contributed by atoms with Gasteiger partial charge >= 0.3 is 0 Å². The molecule has 88 valence electrons. The van der Waals surface area contributed by atoms with Gasteiger partial charge in [0.2, 0.25) is 0 Å². The summed E-state index contributed by atoms with van der Waals surface area (Å²) >= 11 is 12.0. The second kappa shape index (κ2) is 5.05. The van der Waals surface area contributed by atoms with Crippen molar-refractivity contribution in [2.75, 3.05) is 0 Å². The maximum Gasteiger partial charge on any atom is 0.131 e. The van der Waals surface area contributed by atoms with Crippen LogP contribution < -0.4 is 5.73 Å². The molecule has 0 fully saturated rings. The molecular formula is C13H10Cl2FN. The summed E-state index contributed by atoms with van der Waals surface area (Å²) < 4.78 is 13.8. The molecule has 2 aromatic carbocycles. The number of benzene rings is 2. The fourth-order valence-corrected chi connectivity index (χ4v) is 2.02. The Morgan fingerprint density at radius 1 is 1.06 bits per heavy atom. The highest BCUT2D eigenvalue weighted by molar-refractivity contribution is 6.43. The SMILES string of the molecule is NCc1ccc(F)c(-c2cccc(Cl)c2Cl)c1. The van der Waals surface area contributed by atoms with Crippen LogP contribution in [0, 0.1) is 5.82 Å². The van der Waals surface area contributed by atoms with E-state index in [1.807, 2.05) is 0 Å². The number of nitrogens with two attached hydrogens (primary N) is 1. The van der Waals surface area contributed by atoms with Crippen LogP contribution in [0.1, 0.15) is 5.56 Å². The van der Waals surface area contributed by atoms with Crippen LogP contribution in [0.3, 0.4) is 0 Å². The lowest BCUT2D eigenvalue weighted by atomic mass is 10.0. The van der Waals surface area contributed by atoms with Crippen molar-refractivity contribution >= 4 is 23.2 Å². The third-order valence-electron chi connectivity index (χ3n) is 2.51. The molecule has 0 heterocycles. The van der Waals surface area contributed by atoms with Gasteiger partial charge in [-0.15, -0.1) is 0 Å². The Bertz CT molecular complexity index is 555. The number of halogens is 3. The van der Waals surface area contributed by atoms with E-state index in [1.165, 1.54) is 6.07 Å². The van der Waals surface area contributed by atoms with Gasteiger partial charge in [-0.05, 0) is 23.8 Å². The third-order valence-corrected chi connectivity index (χ3v) is 3.33. The van der Waals surface area contributed by atoms with Crippen molar-refractivity contribution in [3.05, 3.63) is 57.8 Å². The van der Waals surface area contributed by atoms with E-state index < -0.39 is 0 Å². The largest absolute Gasteiger partial charge is 0.326 e. The molecule has 0 saturated carbocycles. The Morgan fingerprint density at radius 2 is 1.82 bits per heavy atom. The first-order valence-corrected chi connectivity index (χ1v) is 5.82. The summed E-state index contributed by atoms with van der Waals surface area (Å²) in [6, 6.07) is 9.85. The normalized spacial score (nSPS) is 10.6. The van der Waals surface area contributed by atoms with Gasteiger partial charge < -0.3 is 5.73 Å². The topological polar surface area (TPSA) is 26.0 Å². The van der Waals surface area contributed by atoms with Crippen LogP contribution in [-0.2, 0) is 6.54 Å². The zero-order valence-corrected chi connectivity index (χ0v) is 10.4. The molecule has 0 spiro atoms. The summed E-state index contributed by atoms with van der Waals surface area (Å²) in [6.07, 6.45) is 0. The molecule has 0 unspecified atom stereocenters. The number of hydrogen-bond acceptors (Lipinski definition) is 1. The minimum absolute atomic E-state index is 0.341. The van der Waals surface area contributed by atoms with Gasteiger partial charge in [0.25, 0.3) is 0 Å². The van der Waals surface area contributed by atoms with Crippen molar-refractivity contribution < 1.29 is 4.39 Å². The van der Waals surface area contributed by atoms with E-state index in [9.17, 15) is 4.39 Å². The van der Waals surface area contributed by atoms with Crippen molar-refractivity contribution in [3.63, 3.8) is 0 Å². The van der Waals surface area contributed by atoms with Gasteiger partial charge in [0.1, 0.15) is 5.82 Å². The highest BCUT2D eigenvalue weighted by Crippen LogP contribution is 2.35. The second-order valence-corrected chi connectivity index (χ2v) is 4.40. The molecule has 2 aromatic rings. The lowest BCUT2D eigenvalue weighted by Crippen LogP contribution is -1.97. The molecule has 4 heteroatoms. The summed E-state index contributed by atoms with van der Waals surface area (Å²) in [4.78, 5) is 0. The summed E-state index contributed by atoms with van der Waals surface area (Å²) in [5.41, 5.74) is 7.37. The van der Waals surface area contributed by atoms with Crippen LogP contribution in [0.25, 0.3) is 11.1 Å². The number of hydrogen-bond donors (Lipinski definition) is 1. The molecule has 0 aromatic heterocycles. The van der Waals surface area contributed by atoms with Crippen LogP contribution in [0.4, 0.5) is 4.39 Å². The van der Waals surface area contributed by atoms with E-state index in [4.69, 9.17) is 28.9 Å². The van der Waals surface area contributed by atoms with Gasteiger partial charge in [-0.3, -0.25) is 0 Å². The molecule has 17 heavy (non-hydrogen) atoms. The fourth-order valence-electron chi connectivity index (χ4n) is 1.62. The molecule has 0 radical (unpaired) electrons. The van der Waals surface area contributed by atoms with Crippen molar-refractivity contribution in [1.82, 2.24) is 0 Å². The highest BCUT2D eigenvalue weighted by atomic mass is 35.5. The van der Waals surface area contributed by atoms with E-state index >= 15 is 0 Å². The van der Waals surface area contributed by atoms with E-state index in [0.717, 1.165) is 5.56 Å². The maximum atomic E-state index is 13.8. The Labute approximate surface area is 109 Å². The minimum Gasteiger partial charge on any atom is -0.326 e. The molecule has 0 aliphatic rings. The molecule has 0 bridgehead atoms. The molecule has 0 aliphatic carbocycles. The fraction of sp³-hybridized carbons (Fsp3) is 0.0769. The maximum absolute atomic E-state index is 13.8. The standard InChI is InChI=1S/C13H10Cl2FN/c14-11-3-1-2-9(13(11)15)10-6-8(7-17)4-5-12(10)16/h1-6H,7,17H2. The predicted octanol–water partition coefficient (Wildman–Crippen LogP) is 4.26. The summed E-state index contributed by atoms with van der Waals surface area (Å²) in [5, 5.41) is 0.754. The number of rotatable bonds is 2. The first-order chi connectivity index (χ1) is 8.13. The molecule has 2 rings (SSSR count). The Hall–Kier alpha value is -1.09. The second-order valence-electron chi connectivity index (χ2n) is 3.62. The third kappa shape index (κ3) is 2.44. The Morgan fingerprint density at radius 3 is 2.53 bits per heavy atom. The van der Waals surface area contributed by atoms with Crippen molar-refractivity contribution in [2.45, 2.75) is 6.54 Å². The van der Waals surface area contributed by atoms with Gasteiger partial charge in [-0.2, -0.15) is 0 Å². The summed E-state index contributed by atoms with van der Waals surface area (Å²) in [7, 11) is 0. The smallest absolute Gasteiger partial charge is 0.131 e. The average molecular weight is 270 g/mol. The first-order valence-electron chi connectivity index (χ1n) is 5.06. The molecule has 2 N–H and O–H groups in total. The van der Waals surface area contributed by atoms with Gasteiger partial charge in [0.05, 0.1) is 10.0 Å². The summed E-state index contributed by atoms with van der Waals surface area (Å²) in [5.74, 6) is -0.341.